The maximum atomic E-state index is 5.65. The fourth-order valence-corrected chi connectivity index (χ4v) is 3.03. The van der Waals surface area contributed by atoms with Gasteiger partial charge in [-0.15, -0.1) is 0 Å². The number of aryl methyl sites for hydroxylation is 1. The van der Waals surface area contributed by atoms with E-state index in [0.717, 1.165) is 47.9 Å². The molecule has 0 atom stereocenters. The molecule has 3 rings (SSSR count). The number of para-hydroxylation sites is 2. The Morgan fingerprint density at radius 3 is 2.76 bits per heavy atom. The summed E-state index contributed by atoms with van der Waals surface area (Å²) in [6, 6.07) is 13.8. The van der Waals surface area contributed by atoms with E-state index in [1.807, 2.05) is 56.3 Å². The first kappa shape index (κ1) is 20.5. The van der Waals surface area contributed by atoms with Gasteiger partial charge < -0.3 is 25.1 Å². The molecule has 0 radical (unpaired) electrons. The molecule has 0 saturated carbocycles. The van der Waals surface area contributed by atoms with Gasteiger partial charge in [0.25, 0.3) is 0 Å². The van der Waals surface area contributed by atoms with Crippen LogP contribution in [0.3, 0.4) is 0 Å². The van der Waals surface area contributed by atoms with Crippen LogP contribution in [0.5, 0.6) is 11.5 Å². The van der Waals surface area contributed by atoms with Gasteiger partial charge in [-0.1, -0.05) is 12.1 Å². The van der Waals surface area contributed by atoms with Gasteiger partial charge in [-0.25, -0.2) is 4.98 Å². The summed E-state index contributed by atoms with van der Waals surface area (Å²) in [7, 11) is 1.64. The smallest absolute Gasteiger partial charge is 0.195 e. The van der Waals surface area contributed by atoms with E-state index < -0.39 is 0 Å². The van der Waals surface area contributed by atoms with Crippen molar-refractivity contribution in [2.24, 2.45) is 4.99 Å². The molecule has 2 aromatic carbocycles. The van der Waals surface area contributed by atoms with Crippen molar-refractivity contribution in [1.29, 1.82) is 0 Å². The lowest BCUT2D eigenvalue weighted by Gasteiger charge is -2.14. The number of nitrogens with zero attached hydrogens (tertiary/aromatic N) is 2. The van der Waals surface area contributed by atoms with Gasteiger partial charge in [0.15, 0.2) is 17.5 Å². The summed E-state index contributed by atoms with van der Waals surface area (Å²) in [5.41, 5.74) is 2.97. The summed E-state index contributed by atoms with van der Waals surface area (Å²) in [5, 5.41) is 6.60. The first-order valence-electron chi connectivity index (χ1n) is 10.0. The highest BCUT2D eigenvalue weighted by atomic mass is 16.5. The lowest BCUT2D eigenvalue weighted by atomic mass is 10.2. The molecule has 0 spiro atoms. The van der Waals surface area contributed by atoms with Crippen molar-refractivity contribution in [3.63, 3.8) is 0 Å². The lowest BCUT2D eigenvalue weighted by Crippen LogP contribution is -2.30. The number of imidazole rings is 1. The number of aliphatic imine (C=N–C) groups is 1. The van der Waals surface area contributed by atoms with E-state index in [0.29, 0.717) is 24.7 Å². The molecule has 1 aromatic heterocycles. The van der Waals surface area contributed by atoms with Gasteiger partial charge >= 0.3 is 0 Å². The number of hydrogen-bond acceptors (Lipinski definition) is 4. The Kier molecular flexibility index (Phi) is 7.33. The molecule has 0 bridgehead atoms. The normalized spacial score (nSPS) is 11.5. The van der Waals surface area contributed by atoms with Gasteiger partial charge in [0.05, 0.1) is 24.8 Å². The summed E-state index contributed by atoms with van der Waals surface area (Å²) in [6.07, 6.45) is 1.76. The maximum Gasteiger partial charge on any atom is 0.195 e. The number of anilines is 1. The molecule has 1 heterocycles. The van der Waals surface area contributed by atoms with Crippen LogP contribution < -0.4 is 20.1 Å². The average molecular weight is 396 g/mol. The number of aromatic amines is 1. The second-order valence-electron chi connectivity index (χ2n) is 6.49. The highest BCUT2D eigenvalue weighted by molar-refractivity contribution is 5.93. The molecule has 0 aliphatic heterocycles. The van der Waals surface area contributed by atoms with Gasteiger partial charge in [-0.2, -0.15) is 0 Å². The Bertz CT molecular complexity index is 918. The van der Waals surface area contributed by atoms with E-state index in [1.54, 1.807) is 7.11 Å². The lowest BCUT2D eigenvalue weighted by molar-refractivity contribution is 0.311. The molecule has 3 aromatic rings. The van der Waals surface area contributed by atoms with Crippen LogP contribution in [0.25, 0.3) is 11.0 Å². The summed E-state index contributed by atoms with van der Waals surface area (Å²) in [6.45, 7) is 6.05. The SMILES string of the molecule is CCNC(=NCCCc1nc2ccccc2[nH]1)Nc1ccc(OC)c(OCC)c1. The van der Waals surface area contributed by atoms with E-state index in [9.17, 15) is 0 Å². The Balaban J connectivity index is 1.59. The zero-order valence-electron chi connectivity index (χ0n) is 17.3. The molecule has 29 heavy (non-hydrogen) atoms. The van der Waals surface area contributed by atoms with Crippen molar-refractivity contribution in [1.82, 2.24) is 15.3 Å². The van der Waals surface area contributed by atoms with Crippen molar-refractivity contribution >= 4 is 22.7 Å². The van der Waals surface area contributed by atoms with Crippen molar-refractivity contribution < 1.29 is 9.47 Å². The molecule has 154 valence electrons. The van der Waals surface area contributed by atoms with Crippen molar-refractivity contribution in [3.05, 3.63) is 48.3 Å². The third kappa shape index (κ3) is 5.63. The Morgan fingerprint density at radius 2 is 2.00 bits per heavy atom. The van der Waals surface area contributed by atoms with Crippen molar-refractivity contribution in [2.75, 3.05) is 32.1 Å². The van der Waals surface area contributed by atoms with E-state index in [1.165, 1.54) is 0 Å². The number of fused-ring (bicyclic) bond motifs is 1. The molecular weight excluding hydrogens is 366 g/mol. The van der Waals surface area contributed by atoms with Crippen LogP contribution in [-0.2, 0) is 6.42 Å². The topological polar surface area (TPSA) is 83.6 Å². The fourth-order valence-electron chi connectivity index (χ4n) is 3.03. The zero-order valence-corrected chi connectivity index (χ0v) is 17.3. The molecule has 7 nitrogen and oxygen atoms in total. The first-order chi connectivity index (χ1) is 14.2. The van der Waals surface area contributed by atoms with Crippen LogP contribution in [0.15, 0.2) is 47.5 Å². The summed E-state index contributed by atoms with van der Waals surface area (Å²) < 4.78 is 11.0. The predicted molar refractivity (Wildman–Crippen MR) is 118 cm³/mol. The minimum atomic E-state index is 0.579. The number of methoxy groups -OCH3 is 1. The van der Waals surface area contributed by atoms with Crippen molar-refractivity contribution in [3.8, 4) is 11.5 Å². The molecule has 0 unspecified atom stereocenters. The van der Waals surface area contributed by atoms with Gasteiger partial charge in [0, 0.05) is 31.3 Å². The molecule has 7 heteroatoms. The third-order valence-corrected chi connectivity index (χ3v) is 4.35. The monoisotopic (exact) mass is 395 g/mol. The van der Waals surface area contributed by atoms with Crippen LogP contribution in [-0.4, -0.2) is 42.7 Å². The zero-order chi connectivity index (χ0) is 20.5. The number of hydrogen-bond donors (Lipinski definition) is 3. The van der Waals surface area contributed by atoms with Crippen LogP contribution >= 0.6 is 0 Å². The minimum absolute atomic E-state index is 0.579. The molecule has 0 saturated heterocycles. The second kappa shape index (κ2) is 10.4. The Morgan fingerprint density at radius 1 is 1.14 bits per heavy atom. The third-order valence-electron chi connectivity index (χ3n) is 4.35. The van der Waals surface area contributed by atoms with Crippen LogP contribution in [0.4, 0.5) is 5.69 Å². The largest absolute Gasteiger partial charge is 0.493 e. The van der Waals surface area contributed by atoms with Gasteiger partial charge in [0.1, 0.15) is 5.82 Å². The van der Waals surface area contributed by atoms with Crippen molar-refractivity contribution in [2.45, 2.75) is 26.7 Å². The number of rotatable bonds is 9. The number of benzene rings is 2. The van der Waals surface area contributed by atoms with E-state index >= 15 is 0 Å². The summed E-state index contributed by atoms with van der Waals surface area (Å²) in [4.78, 5) is 12.7. The van der Waals surface area contributed by atoms with Crippen LogP contribution in [0, 0.1) is 0 Å². The first-order valence-corrected chi connectivity index (χ1v) is 10.0. The molecular formula is C22H29N5O2. The average Bonchev–Trinajstić information content (AvgIpc) is 3.15. The molecule has 0 aliphatic carbocycles. The molecule has 3 N–H and O–H groups in total. The molecule has 0 aliphatic rings. The van der Waals surface area contributed by atoms with Crippen LogP contribution in [0.2, 0.25) is 0 Å². The highest BCUT2D eigenvalue weighted by Gasteiger charge is 2.07. The Labute approximate surface area is 171 Å². The quantitative estimate of drug-likeness (QED) is 0.290. The number of ether oxygens (including phenoxy) is 2. The summed E-state index contributed by atoms with van der Waals surface area (Å²) >= 11 is 0. The standard InChI is InChI=1S/C22H29N5O2/c1-4-23-22(25-16-12-13-19(28-3)20(15-16)29-5-2)24-14-8-11-21-26-17-9-6-7-10-18(17)27-21/h6-7,9-10,12-13,15H,4-5,8,11,14H2,1-3H3,(H,26,27)(H2,23,24,25). The number of aromatic nitrogens is 2. The predicted octanol–water partition coefficient (Wildman–Crippen LogP) is 3.98. The van der Waals surface area contributed by atoms with Gasteiger partial charge in [0.2, 0.25) is 0 Å². The second-order valence-corrected chi connectivity index (χ2v) is 6.49. The van der Waals surface area contributed by atoms with E-state index in [4.69, 9.17) is 9.47 Å². The van der Waals surface area contributed by atoms with Gasteiger partial charge in [-0.3, -0.25) is 4.99 Å². The molecule has 0 amide bonds. The van der Waals surface area contributed by atoms with E-state index in [2.05, 4.69) is 25.6 Å². The van der Waals surface area contributed by atoms with Crippen LogP contribution in [0.1, 0.15) is 26.1 Å². The van der Waals surface area contributed by atoms with E-state index in [-0.39, 0.29) is 0 Å². The Hall–Kier alpha value is -3.22. The fraction of sp³-hybridized carbons (Fsp3) is 0.364. The number of guanidine groups is 1. The highest BCUT2D eigenvalue weighted by Crippen LogP contribution is 2.30. The maximum absolute atomic E-state index is 5.65. The number of H-pyrrole nitrogens is 1. The van der Waals surface area contributed by atoms with Gasteiger partial charge in [-0.05, 0) is 44.5 Å². The summed E-state index contributed by atoms with van der Waals surface area (Å²) in [5.74, 6) is 3.16. The molecule has 0 fully saturated rings. The number of nitrogens with one attached hydrogen (secondary N) is 3. The minimum Gasteiger partial charge on any atom is -0.493 e.